The summed E-state index contributed by atoms with van der Waals surface area (Å²) >= 11 is 0. The first-order chi connectivity index (χ1) is 8.86. The Morgan fingerprint density at radius 1 is 1.16 bits per heavy atom. The number of nitrogens with zero attached hydrogens (tertiary/aromatic N) is 1. The van der Waals surface area contributed by atoms with E-state index in [1.165, 1.54) is 25.7 Å². The SMILES string of the molecule is CCCCOCCCNC(=NC)NCCC1CC1.I. The molecule has 1 aliphatic carbocycles. The molecule has 114 valence electrons. The van der Waals surface area contributed by atoms with E-state index in [4.69, 9.17) is 4.74 Å². The lowest BCUT2D eigenvalue weighted by atomic mass is 10.3. The first kappa shape index (κ1) is 19.0. The highest BCUT2D eigenvalue weighted by molar-refractivity contribution is 14.0. The second-order valence-electron chi connectivity index (χ2n) is 4.98. The molecule has 0 radical (unpaired) electrons. The Hall–Kier alpha value is -0.0400. The summed E-state index contributed by atoms with van der Waals surface area (Å²) in [6, 6.07) is 0. The molecular formula is C14H30IN3O. The van der Waals surface area contributed by atoms with Crippen LogP contribution in [-0.4, -0.2) is 39.3 Å². The lowest BCUT2D eigenvalue weighted by Crippen LogP contribution is -2.38. The number of aliphatic imine (C=N–C) groups is 1. The fourth-order valence-electron chi connectivity index (χ4n) is 1.75. The third-order valence-corrected chi connectivity index (χ3v) is 3.17. The van der Waals surface area contributed by atoms with Crippen LogP contribution in [0, 0.1) is 5.92 Å². The van der Waals surface area contributed by atoms with Crippen molar-refractivity contribution in [2.45, 2.75) is 45.4 Å². The van der Waals surface area contributed by atoms with Gasteiger partial charge >= 0.3 is 0 Å². The minimum absolute atomic E-state index is 0. The van der Waals surface area contributed by atoms with Gasteiger partial charge in [0.1, 0.15) is 0 Å². The maximum absolute atomic E-state index is 5.51. The van der Waals surface area contributed by atoms with Gasteiger partial charge in [-0.15, -0.1) is 24.0 Å². The largest absolute Gasteiger partial charge is 0.381 e. The van der Waals surface area contributed by atoms with Crippen molar-refractivity contribution < 1.29 is 4.74 Å². The van der Waals surface area contributed by atoms with Crippen molar-refractivity contribution in [3.05, 3.63) is 0 Å². The van der Waals surface area contributed by atoms with E-state index >= 15 is 0 Å². The van der Waals surface area contributed by atoms with Crippen molar-refractivity contribution in [1.29, 1.82) is 0 Å². The summed E-state index contributed by atoms with van der Waals surface area (Å²) in [6.45, 7) is 5.88. The van der Waals surface area contributed by atoms with E-state index in [1.807, 2.05) is 7.05 Å². The van der Waals surface area contributed by atoms with Crippen LogP contribution in [0.5, 0.6) is 0 Å². The Balaban J connectivity index is 0.00000324. The quantitative estimate of drug-likeness (QED) is 0.264. The molecule has 0 heterocycles. The molecule has 0 spiro atoms. The zero-order chi connectivity index (χ0) is 13.1. The molecule has 1 rings (SSSR count). The van der Waals surface area contributed by atoms with Gasteiger partial charge in [-0.1, -0.05) is 26.2 Å². The zero-order valence-corrected chi connectivity index (χ0v) is 14.7. The molecule has 0 amide bonds. The molecule has 4 nitrogen and oxygen atoms in total. The highest BCUT2D eigenvalue weighted by atomic mass is 127. The monoisotopic (exact) mass is 383 g/mol. The van der Waals surface area contributed by atoms with Crippen LogP contribution in [0.15, 0.2) is 4.99 Å². The average Bonchev–Trinajstić information content (AvgIpc) is 3.19. The standard InChI is InChI=1S/C14H29N3O.HI/c1-3-4-11-18-12-5-9-16-14(15-2)17-10-8-13-6-7-13;/h13H,3-12H2,1-2H3,(H2,15,16,17);1H. The summed E-state index contributed by atoms with van der Waals surface area (Å²) in [7, 11) is 1.82. The van der Waals surface area contributed by atoms with Gasteiger partial charge in [0.25, 0.3) is 0 Å². The fraction of sp³-hybridized carbons (Fsp3) is 0.929. The van der Waals surface area contributed by atoms with Crippen LogP contribution in [0.4, 0.5) is 0 Å². The minimum atomic E-state index is 0. The first-order valence-electron chi connectivity index (χ1n) is 7.39. The molecule has 19 heavy (non-hydrogen) atoms. The number of unbranched alkanes of at least 4 members (excludes halogenated alkanes) is 1. The highest BCUT2D eigenvalue weighted by Gasteiger charge is 2.20. The Morgan fingerprint density at radius 2 is 1.84 bits per heavy atom. The van der Waals surface area contributed by atoms with E-state index < -0.39 is 0 Å². The van der Waals surface area contributed by atoms with Gasteiger partial charge < -0.3 is 15.4 Å². The fourth-order valence-corrected chi connectivity index (χ4v) is 1.75. The molecule has 0 aliphatic heterocycles. The van der Waals surface area contributed by atoms with Gasteiger partial charge in [0.05, 0.1) is 0 Å². The summed E-state index contributed by atoms with van der Waals surface area (Å²) in [5.41, 5.74) is 0. The Bertz CT molecular complexity index is 233. The lowest BCUT2D eigenvalue weighted by Gasteiger charge is -2.11. The van der Waals surface area contributed by atoms with Crippen molar-refractivity contribution in [2.24, 2.45) is 10.9 Å². The molecule has 1 aliphatic rings. The topological polar surface area (TPSA) is 45.6 Å². The molecule has 0 unspecified atom stereocenters. The maximum atomic E-state index is 5.51. The van der Waals surface area contributed by atoms with E-state index in [2.05, 4.69) is 22.5 Å². The normalized spacial score (nSPS) is 14.9. The Morgan fingerprint density at radius 3 is 2.47 bits per heavy atom. The molecule has 1 saturated carbocycles. The van der Waals surface area contributed by atoms with Crippen molar-refractivity contribution in [3.8, 4) is 0 Å². The predicted octanol–water partition coefficient (Wildman–Crippen LogP) is 2.78. The number of hydrogen-bond acceptors (Lipinski definition) is 2. The maximum Gasteiger partial charge on any atom is 0.190 e. The van der Waals surface area contributed by atoms with Gasteiger partial charge in [-0.3, -0.25) is 4.99 Å². The second-order valence-corrected chi connectivity index (χ2v) is 4.98. The number of halogens is 1. The van der Waals surface area contributed by atoms with Crippen LogP contribution in [-0.2, 0) is 4.74 Å². The van der Waals surface area contributed by atoms with E-state index in [0.29, 0.717) is 0 Å². The highest BCUT2D eigenvalue weighted by Crippen LogP contribution is 2.31. The van der Waals surface area contributed by atoms with Gasteiger partial charge in [-0.05, 0) is 25.2 Å². The number of hydrogen-bond donors (Lipinski definition) is 2. The van der Waals surface area contributed by atoms with Crippen molar-refractivity contribution in [3.63, 3.8) is 0 Å². The van der Waals surface area contributed by atoms with E-state index in [-0.39, 0.29) is 24.0 Å². The molecule has 0 bridgehead atoms. The molecule has 0 atom stereocenters. The number of rotatable bonds is 10. The third-order valence-electron chi connectivity index (χ3n) is 3.17. The smallest absolute Gasteiger partial charge is 0.190 e. The van der Waals surface area contributed by atoms with Crippen LogP contribution in [0.1, 0.15) is 45.4 Å². The average molecular weight is 383 g/mol. The van der Waals surface area contributed by atoms with Crippen LogP contribution in [0.25, 0.3) is 0 Å². The van der Waals surface area contributed by atoms with Gasteiger partial charge in [0.15, 0.2) is 5.96 Å². The molecule has 0 saturated heterocycles. The van der Waals surface area contributed by atoms with E-state index in [0.717, 1.165) is 51.0 Å². The third kappa shape index (κ3) is 11.5. The predicted molar refractivity (Wildman–Crippen MR) is 92.5 cm³/mol. The van der Waals surface area contributed by atoms with Crippen LogP contribution < -0.4 is 10.6 Å². The number of ether oxygens (including phenoxy) is 1. The van der Waals surface area contributed by atoms with Crippen LogP contribution in [0.3, 0.4) is 0 Å². The van der Waals surface area contributed by atoms with Crippen molar-refractivity contribution in [2.75, 3.05) is 33.4 Å². The summed E-state index contributed by atoms with van der Waals surface area (Å²) in [5, 5.41) is 6.66. The first-order valence-corrected chi connectivity index (χ1v) is 7.39. The summed E-state index contributed by atoms with van der Waals surface area (Å²) in [5.74, 6) is 1.90. The summed E-state index contributed by atoms with van der Waals surface area (Å²) in [4.78, 5) is 4.21. The summed E-state index contributed by atoms with van der Waals surface area (Å²) in [6.07, 6.45) is 7.52. The molecule has 5 heteroatoms. The van der Waals surface area contributed by atoms with Gasteiger partial charge in [0, 0.05) is 33.4 Å². The summed E-state index contributed by atoms with van der Waals surface area (Å²) < 4.78 is 5.51. The van der Waals surface area contributed by atoms with Crippen molar-refractivity contribution in [1.82, 2.24) is 10.6 Å². The molecule has 2 N–H and O–H groups in total. The number of nitrogens with one attached hydrogen (secondary N) is 2. The van der Waals surface area contributed by atoms with E-state index in [9.17, 15) is 0 Å². The van der Waals surface area contributed by atoms with Crippen molar-refractivity contribution >= 4 is 29.9 Å². The van der Waals surface area contributed by atoms with Crippen LogP contribution >= 0.6 is 24.0 Å². The molecule has 1 fully saturated rings. The van der Waals surface area contributed by atoms with Gasteiger partial charge in [0.2, 0.25) is 0 Å². The minimum Gasteiger partial charge on any atom is -0.381 e. The molecule has 0 aromatic rings. The van der Waals surface area contributed by atoms with Gasteiger partial charge in [-0.2, -0.15) is 0 Å². The van der Waals surface area contributed by atoms with Gasteiger partial charge in [-0.25, -0.2) is 0 Å². The number of guanidine groups is 1. The zero-order valence-electron chi connectivity index (χ0n) is 12.4. The lowest BCUT2D eigenvalue weighted by molar-refractivity contribution is 0.129. The molecular weight excluding hydrogens is 353 g/mol. The Labute approximate surface area is 135 Å². The second kappa shape index (κ2) is 13.0. The van der Waals surface area contributed by atoms with E-state index in [1.54, 1.807) is 0 Å². The van der Waals surface area contributed by atoms with Crippen LogP contribution in [0.2, 0.25) is 0 Å². The molecule has 0 aromatic carbocycles. The molecule has 0 aromatic heterocycles. The Kier molecular flexibility index (Phi) is 12.9.